The molecule has 5 nitrogen and oxygen atoms in total. The highest BCUT2D eigenvalue weighted by Gasteiger charge is 2.33. The van der Waals surface area contributed by atoms with Gasteiger partial charge < -0.3 is 4.74 Å². The Hall–Kier alpha value is -3.22. The first-order valence-corrected chi connectivity index (χ1v) is 10.8. The number of fused-ring (bicyclic) bond motifs is 1. The maximum absolute atomic E-state index is 13.5. The summed E-state index contributed by atoms with van der Waals surface area (Å²) in [4.78, 5) is 31.4. The summed E-state index contributed by atoms with van der Waals surface area (Å²) in [5.41, 5.74) is 2.16. The number of nitrogens with zero attached hydrogens (tertiary/aromatic N) is 2. The van der Waals surface area contributed by atoms with E-state index in [0.717, 1.165) is 11.1 Å². The molecule has 3 aromatic rings. The lowest BCUT2D eigenvalue weighted by Crippen LogP contribution is -2.39. The van der Waals surface area contributed by atoms with Crippen molar-refractivity contribution >= 4 is 35.0 Å². The van der Waals surface area contributed by atoms with Crippen LogP contribution in [-0.4, -0.2) is 17.1 Å². The van der Waals surface area contributed by atoms with Crippen molar-refractivity contribution in [3.05, 3.63) is 114 Å². The molecule has 31 heavy (non-hydrogen) atoms. The van der Waals surface area contributed by atoms with Gasteiger partial charge in [0.15, 0.2) is 4.80 Å². The Bertz CT molecular complexity index is 1370. The summed E-state index contributed by atoms with van der Waals surface area (Å²) < 4.78 is 7.36. The Morgan fingerprint density at radius 1 is 1.23 bits per heavy atom. The van der Waals surface area contributed by atoms with Crippen LogP contribution in [-0.2, 0) is 9.53 Å². The Morgan fingerprint density at radius 3 is 2.65 bits per heavy atom. The highest BCUT2D eigenvalue weighted by molar-refractivity contribution is 7.07. The van der Waals surface area contributed by atoms with E-state index < -0.39 is 12.0 Å². The molecule has 0 amide bonds. The first kappa shape index (κ1) is 21.0. The molecule has 2 aromatic carbocycles. The summed E-state index contributed by atoms with van der Waals surface area (Å²) in [5, 5.41) is 0.554. The molecular formula is C24H19ClN2O3S. The van der Waals surface area contributed by atoms with Gasteiger partial charge in [-0.25, -0.2) is 9.79 Å². The number of hydrogen-bond acceptors (Lipinski definition) is 5. The maximum atomic E-state index is 13.5. The smallest absolute Gasteiger partial charge is 0.338 e. The SMILES string of the molecule is C=CCOC(=O)C1=C(C)N=c2s/c(=C\c3ccccc3Cl)c(=O)n2[C@H]1c1ccccc1. The second-order valence-electron chi connectivity index (χ2n) is 6.90. The average molecular weight is 451 g/mol. The van der Waals surface area contributed by atoms with Gasteiger partial charge in [0.05, 0.1) is 21.8 Å². The van der Waals surface area contributed by atoms with Crippen LogP contribution in [0.3, 0.4) is 0 Å². The molecule has 1 aliphatic rings. The van der Waals surface area contributed by atoms with Gasteiger partial charge in [0.1, 0.15) is 6.61 Å². The van der Waals surface area contributed by atoms with Gasteiger partial charge >= 0.3 is 5.97 Å². The van der Waals surface area contributed by atoms with Crippen LogP contribution in [0.25, 0.3) is 6.08 Å². The molecule has 0 N–H and O–H groups in total. The number of hydrogen-bond donors (Lipinski definition) is 0. The molecule has 0 saturated heterocycles. The van der Waals surface area contributed by atoms with E-state index in [2.05, 4.69) is 11.6 Å². The molecule has 0 saturated carbocycles. The van der Waals surface area contributed by atoms with Crippen molar-refractivity contribution in [1.29, 1.82) is 0 Å². The number of carbonyl (C=O) groups excluding carboxylic acids is 1. The largest absolute Gasteiger partial charge is 0.458 e. The van der Waals surface area contributed by atoms with Crippen molar-refractivity contribution < 1.29 is 9.53 Å². The number of ether oxygens (including phenoxy) is 1. The molecule has 0 spiro atoms. The molecule has 1 aliphatic heterocycles. The summed E-state index contributed by atoms with van der Waals surface area (Å²) in [6, 6.07) is 16.1. The van der Waals surface area contributed by atoms with Crippen LogP contribution in [0.5, 0.6) is 0 Å². The second-order valence-corrected chi connectivity index (χ2v) is 8.32. The van der Waals surface area contributed by atoms with Crippen molar-refractivity contribution in [2.75, 3.05) is 6.61 Å². The van der Waals surface area contributed by atoms with Crippen LogP contribution in [0, 0.1) is 0 Å². The molecule has 0 unspecified atom stereocenters. The van der Waals surface area contributed by atoms with Gasteiger partial charge in [-0.05, 0) is 30.2 Å². The Balaban J connectivity index is 1.95. The number of carbonyl (C=O) groups is 1. The van der Waals surface area contributed by atoms with Gasteiger partial charge in [0.25, 0.3) is 5.56 Å². The highest BCUT2D eigenvalue weighted by Crippen LogP contribution is 2.30. The summed E-state index contributed by atoms with van der Waals surface area (Å²) in [7, 11) is 0. The predicted octanol–water partition coefficient (Wildman–Crippen LogP) is 3.62. The third-order valence-electron chi connectivity index (χ3n) is 4.88. The van der Waals surface area contributed by atoms with E-state index in [9.17, 15) is 9.59 Å². The van der Waals surface area contributed by atoms with Gasteiger partial charge in [0.2, 0.25) is 0 Å². The number of halogens is 1. The summed E-state index contributed by atoms with van der Waals surface area (Å²) >= 11 is 7.54. The molecule has 0 radical (unpaired) electrons. The number of aromatic nitrogens is 1. The number of thiazole rings is 1. The average Bonchev–Trinajstić information content (AvgIpc) is 3.08. The van der Waals surface area contributed by atoms with E-state index >= 15 is 0 Å². The number of esters is 1. The van der Waals surface area contributed by atoms with Crippen molar-refractivity contribution in [3.63, 3.8) is 0 Å². The lowest BCUT2D eigenvalue weighted by molar-refractivity contribution is -0.138. The maximum Gasteiger partial charge on any atom is 0.338 e. The standard InChI is InChI=1S/C24H19ClN2O3S/c1-3-13-30-23(29)20-15(2)26-24-27(21(20)16-9-5-4-6-10-16)22(28)19(31-24)14-17-11-7-8-12-18(17)25/h3-12,14,21H,1,13H2,2H3/b19-14-/t21-/m0/s1. The van der Waals surface area contributed by atoms with Gasteiger partial charge in [-0.2, -0.15) is 0 Å². The zero-order valence-electron chi connectivity index (χ0n) is 16.7. The minimum Gasteiger partial charge on any atom is -0.458 e. The van der Waals surface area contributed by atoms with Crippen molar-refractivity contribution in [2.45, 2.75) is 13.0 Å². The molecular weight excluding hydrogens is 432 g/mol. The van der Waals surface area contributed by atoms with Crippen molar-refractivity contribution in [3.8, 4) is 0 Å². The molecule has 1 atom stereocenters. The highest BCUT2D eigenvalue weighted by atomic mass is 35.5. The topological polar surface area (TPSA) is 60.7 Å². The van der Waals surface area contributed by atoms with Gasteiger partial charge in [-0.15, -0.1) is 0 Å². The Labute approximate surface area is 187 Å². The fourth-order valence-corrected chi connectivity index (χ4v) is 4.71. The van der Waals surface area contributed by atoms with E-state index in [-0.39, 0.29) is 12.2 Å². The van der Waals surface area contributed by atoms with Crippen molar-refractivity contribution in [1.82, 2.24) is 4.57 Å². The number of rotatable bonds is 5. The lowest BCUT2D eigenvalue weighted by Gasteiger charge is -2.24. The van der Waals surface area contributed by atoms with Crippen LogP contribution in [0.15, 0.2) is 88.3 Å². The second kappa shape index (κ2) is 8.88. The molecule has 0 aliphatic carbocycles. The predicted molar refractivity (Wildman–Crippen MR) is 123 cm³/mol. The fourth-order valence-electron chi connectivity index (χ4n) is 3.48. The Morgan fingerprint density at radius 2 is 1.94 bits per heavy atom. The Kier molecular flexibility index (Phi) is 6.02. The quantitative estimate of drug-likeness (QED) is 0.440. The normalized spacial score (nSPS) is 15.9. The molecule has 7 heteroatoms. The van der Waals surface area contributed by atoms with E-state index in [4.69, 9.17) is 16.3 Å². The van der Waals surface area contributed by atoms with Crippen LogP contribution >= 0.6 is 22.9 Å². The molecule has 156 valence electrons. The third-order valence-corrected chi connectivity index (χ3v) is 6.21. The fraction of sp³-hybridized carbons (Fsp3) is 0.125. The van der Waals surface area contributed by atoms with E-state index in [1.807, 2.05) is 48.5 Å². The van der Waals surface area contributed by atoms with E-state index in [1.54, 1.807) is 23.6 Å². The first-order chi connectivity index (χ1) is 15.0. The third kappa shape index (κ3) is 4.04. The summed E-state index contributed by atoms with van der Waals surface area (Å²) in [5.74, 6) is -0.518. The molecule has 0 bridgehead atoms. The number of allylic oxidation sites excluding steroid dienone is 1. The minimum absolute atomic E-state index is 0.0774. The summed E-state index contributed by atoms with van der Waals surface area (Å²) in [6.45, 7) is 5.42. The zero-order chi connectivity index (χ0) is 22.0. The summed E-state index contributed by atoms with van der Waals surface area (Å²) in [6.07, 6.45) is 3.26. The minimum atomic E-state index is -0.636. The molecule has 4 rings (SSSR count). The van der Waals surface area contributed by atoms with Crippen LogP contribution in [0.4, 0.5) is 0 Å². The van der Waals surface area contributed by atoms with Crippen molar-refractivity contribution in [2.24, 2.45) is 4.99 Å². The van der Waals surface area contributed by atoms with Gasteiger partial charge in [-0.3, -0.25) is 9.36 Å². The molecule has 1 aromatic heterocycles. The monoisotopic (exact) mass is 450 g/mol. The molecule has 0 fully saturated rings. The van der Waals surface area contributed by atoms with Crippen LogP contribution in [0.2, 0.25) is 5.02 Å². The zero-order valence-corrected chi connectivity index (χ0v) is 18.3. The van der Waals surface area contributed by atoms with Gasteiger partial charge in [0, 0.05) is 5.02 Å². The first-order valence-electron chi connectivity index (χ1n) is 9.61. The molecule has 2 heterocycles. The van der Waals surface area contributed by atoms with Crippen LogP contribution in [0.1, 0.15) is 24.1 Å². The lowest BCUT2D eigenvalue weighted by atomic mass is 9.96. The van der Waals surface area contributed by atoms with E-state index in [1.165, 1.54) is 17.4 Å². The van der Waals surface area contributed by atoms with Crippen LogP contribution < -0.4 is 14.9 Å². The number of benzene rings is 2. The van der Waals surface area contributed by atoms with E-state index in [0.29, 0.717) is 25.6 Å². The van der Waals surface area contributed by atoms with Gasteiger partial charge in [-0.1, -0.05) is 84.1 Å².